The Bertz CT molecular complexity index is 1270. The van der Waals surface area contributed by atoms with E-state index in [0.717, 1.165) is 40.8 Å². The lowest BCUT2D eigenvalue weighted by Gasteiger charge is -2.36. The molecule has 0 saturated carbocycles. The van der Waals surface area contributed by atoms with Crippen LogP contribution in [0.1, 0.15) is 35.7 Å². The lowest BCUT2D eigenvalue weighted by atomic mass is 9.81. The number of pyridine rings is 1. The number of carbonyl (C=O) groups is 1. The van der Waals surface area contributed by atoms with Gasteiger partial charge in [-0.1, -0.05) is 34.8 Å². The first-order valence-electron chi connectivity index (χ1n) is 11.4. The van der Waals surface area contributed by atoms with Gasteiger partial charge in [0.1, 0.15) is 5.75 Å². The van der Waals surface area contributed by atoms with Crippen LogP contribution in [-0.2, 0) is 4.79 Å². The van der Waals surface area contributed by atoms with Gasteiger partial charge >= 0.3 is 5.97 Å². The first-order valence-corrected chi connectivity index (χ1v) is 12.6. The van der Waals surface area contributed by atoms with Crippen molar-refractivity contribution in [3.05, 3.63) is 57.1 Å². The molecule has 2 unspecified atom stereocenters. The van der Waals surface area contributed by atoms with E-state index < -0.39 is 11.9 Å². The van der Waals surface area contributed by atoms with Crippen LogP contribution in [0.3, 0.4) is 0 Å². The Morgan fingerprint density at radius 3 is 2.97 bits per heavy atom. The second-order valence-electron chi connectivity index (χ2n) is 8.72. The molecule has 0 amide bonds. The molecule has 0 radical (unpaired) electrons. The lowest BCUT2D eigenvalue weighted by molar-refractivity contribution is -0.146. The van der Waals surface area contributed by atoms with Crippen molar-refractivity contribution in [3.8, 4) is 17.6 Å². The van der Waals surface area contributed by atoms with Crippen molar-refractivity contribution in [2.75, 3.05) is 26.7 Å². The highest BCUT2D eigenvalue weighted by molar-refractivity contribution is 7.10. The van der Waals surface area contributed by atoms with Crippen molar-refractivity contribution in [1.29, 1.82) is 0 Å². The van der Waals surface area contributed by atoms with E-state index in [4.69, 9.17) is 22.1 Å². The highest BCUT2D eigenvalue weighted by Gasteiger charge is 2.34. The zero-order valence-corrected chi connectivity index (χ0v) is 20.9. The van der Waals surface area contributed by atoms with Crippen LogP contribution in [0.4, 0.5) is 4.39 Å². The number of hydrogen-bond donors (Lipinski definition) is 2. The number of methoxy groups -OCH3 is 1. The van der Waals surface area contributed by atoms with E-state index in [1.165, 1.54) is 6.07 Å². The molecule has 1 aromatic carbocycles. The molecule has 6 nitrogen and oxygen atoms in total. The van der Waals surface area contributed by atoms with Crippen LogP contribution < -0.4 is 10.5 Å². The SMILES string of the molecule is COc1ccc2ncc(Cl)c([C@H](N)CCC3CCN(CC#Cc4ccc(F)s4)CC3C(=O)O)c2c1. The van der Waals surface area contributed by atoms with E-state index in [2.05, 4.69) is 16.8 Å². The highest BCUT2D eigenvalue weighted by Crippen LogP contribution is 2.35. The summed E-state index contributed by atoms with van der Waals surface area (Å²) in [6.07, 6.45) is 3.64. The third-order valence-electron chi connectivity index (χ3n) is 6.53. The molecule has 1 fully saturated rings. The van der Waals surface area contributed by atoms with Crippen molar-refractivity contribution in [3.63, 3.8) is 0 Å². The van der Waals surface area contributed by atoms with Crippen LogP contribution in [0.15, 0.2) is 36.5 Å². The van der Waals surface area contributed by atoms with Gasteiger partial charge < -0.3 is 15.6 Å². The number of ether oxygens (including phenoxy) is 1. The predicted octanol–water partition coefficient (Wildman–Crippen LogP) is 4.95. The molecule has 9 heteroatoms. The van der Waals surface area contributed by atoms with Crippen molar-refractivity contribution in [2.45, 2.75) is 25.3 Å². The Kier molecular flexibility index (Phi) is 8.24. The van der Waals surface area contributed by atoms with Gasteiger partial charge in [-0.05, 0) is 67.6 Å². The fraction of sp³-hybridized carbons (Fsp3) is 0.385. The summed E-state index contributed by atoms with van der Waals surface area (Å²) in [7, 11) is 1.60. The van der Waals surface area contributed by atoms with E-state index in [1.807, 2.05) is 23.1 Å². The van der Waals surface area contributed by atoms with Gasteiger partial charge in [0.25, 0.3) is 0 Å². The summed E-state index contributed by atoms with van der Waals surface area (Å²) in [5, 5.41) is 11.0. The van der Waals surface area contributed by atoms with Crippen molar-refractivity contribution in [1.82, 2.24) is 9.88 Å². The maximum absolute atomic E-state index is 13.1. The van der Waals surface area contributed by atoms with E-state index >= 15 is 0 Å². The second-order valence-corrected chi connectivity index (χ2v) is 10.2. The number of fused-ring (bicyclic) bond motifs is 1. The Morgan fingerprint density at radius 2 is 2.26 bits per heavy atom. The number of benzene rings is 1. The summed E-state index contributed by atoms with van der Waals surface area (Å²) in [6.45, 7) is 1.64. The van der Waals surface area contributed by atoms with E-state index in [9.17, 15) is 14.3 Å². The third kappa shape index (κ3) is 6.11. The first-order chi connectivity index (χ1) is 16.9. The summed E-state index contributed by atoms with van der Waals surface area (Å²) in [6, 6.07) is 8.28. The minimum absolute atomic E-state index is 0.00978. The number of halogens is 2. The minimum atomic E-state index is -0.807. The van der Waals surface area contributed by atoms with E-state index in [1.54, 1.807) is 19.4 Å². The van der Waals surface area contributed by atoms with E-state index in [-0.39, 0.29) is 17.1 Å². The van der Waals surface area contributed by atoms with Gasteiger partial charge in [0.15, 0.2) is 5.13 Å². The molecule has 3 aromatic rings. The van der Waals surface area contributed by atoms with Gasteiger partial charge in [-0.25, -0.2) is 0 Å². The maximum atomic E-state index is 13.1. The average molecular weight is 516 g/mol. The zero-order chi connectivity index (χ0) is 24.9. The highest BCUT2D eigenvalue weighted by atomic mass is 35.5. The fourth-order valence-electron chi connectivity index (χ4n) is 4.67. The lowest BCUT2D eigenvalue weighted by Crippen LogP contribution is -2.44. The molecular formula is C26H27ClFN3O3S. The smallest absolute Gasteiger partial charge is 0.308 e. The third-order valence-corrected chi connectivity index (χ3v) is 7.62. The largest absolute Gasteiger partial charge is 0.497 e. The van der Waals surface area contributed by atoms with Gasteiger partial charge in [0.05, 0.1) is 35.0 Å². The maximum Gasteiger partial charge on any atom is 0.308 e. The molecule has 0 bridgehead atoms. The number of aromatic nitrogens is 1. The normalized spacial score (nSPS) is 19.2. The number of carboxylic acids is 1. The molecule has 35 heavy (non-hydrogen) atoms. The van der Waals surface area contributed by atoms with Crippen LogP contribution in [0.25, 0.3) is 10.9 Å². The predicted molar refractivity (Wildman–Crippen MR) is 136 cm³/mol. The number of piperidine rings is 1. The first kappa shape index (κ1) is 25.4. The molecule has 4 rings (SSSR count). The van der Waals surface area contributed by atoms with E-state index in [0.29, 0.717) is 41.6 Å². The van der Waals surface area contributed by atoms with Gasteiger partial charge in [0, 0.05) is 24.2 Å². The average Bonchev–Trinajstić information content (AvgIpc) is 3.27. The van der Waals surface area contributed by atoms with Crippen LogP contribution in [0, 0.1) is 28.8 Å². The van der Waals surface area contributed by atoms with Crippen LogP contribution >= 0.6 is 22.9 Å². The molecule has 3 N–H and O–H groups in total. The van der Waals surface area contributed by atoms with Crippen LogP contribution in [0.5, 0.6) is 5.75 Å². The molecule has 1 aliphatic rings. The molecular weight excluding hydrogens is 489 g/mol. The molecule has 3 atom stereocenters. The monoisotopic (exact) mass is 515 g/mol. The summed E-state index contributed by atoms with van der Waals surface area (Å²) in [4.78, 5) is 19.1. The Balaban J connectivity index is 1.41. The standard InChI is InChI=1S/C26H27ClFN3O3S/c1-34-17-5-8-23-19(13-17)25(21(27)14-30-23)22(29)7-4-16-10-12-31(15-20(16)26(32)33)11-2-3-18-6-9-24(28)35-18/h5-6,8-9,13-14,16,20,22H,4,7,10-12,15,29H2,1H3,(H,32,33)/t16?,20?,22-/m1/s1. The molecule has 0 aliphatic carbocycles. The number of hydrogen-bond acceptors (Lipinski definition) is 6. The van der Waals surface area contributed by atoms with Crippen LogP contribution in [-0.4, -0.2) is 47.7 Å². The number of thiophene rings is 1. The Hall–Kier alpha value is -2.70. The van der Waals surface area contributed by atoms with Gasteiger partial charge in [-0.2, -0.15) is 4.39 Å². The zero-order valence-electron chi connectivity index (χ0n) is 19.3. The summed E-state index contributed by atoms with van der Waals surface area (Å²) in [5.74, 6) is 5.39. The molecule has 1 saturated heterocycles. The van der Waals surface area contributed by atoms with Gasteiger partial charge in [-0.15, -0.1) is 0 Å². The summed E-state index contributed by atoms with van der Waals surface area (Å²) in [5.41, 5.74) is 8.17. The van der Waals surface area contributed by atoms with Gasteiger partial charge in [0.2, 0.25) is 0 Å². The molecule has 2 aromatic heterocycles. The Morgan fingerprint density at radius 1 is 1.43 bits per heavy atom. The molecule has 3 heterocycles. The van der Waals surface area contributed by atoms with Gasteiger partial charge in [-0.3, -0.25) is 14.7 Å². The topological polar surface area (TPSA) is 88.7 Å². The van der Waals surface area contributed by atoms with Crippen molar-refractivity contribution in [2.24, 2.45) is 17.6 Å². The van der Waals surface area contributed by atoms with Crippen molar-refractivity contribution < 1.29 is 19.0 Å². The number of rotatable bonds is 7. The summed E-state index contributed by atoms with van der Waals surface area (Å²) >= 11 is 7.50. The minimum Gasteiger partial charge on any atom is -0.497 e. The number of nitrogens with two attached hydrogens (primary N) is 1. The number of likely N-dealkylation sites (tertiary alicyclic amines) is 1. The summed E-state index contributed by atoms with van der Waals surface area (Å²) < 4.78 is 18.5. The number of aliphatic carboxylic acids is 1. The molecule has 184 valence electrons. The quantitative estimate of drug-likeness (QED) is 0.433. The van der Waals surface area contributed by atoms with Crippen LogP contribution in [0.2, 0.25) is 5.02 Å². The molecule has 1 aliphatic heterocycles. The number of carboxylic acid groups (broad SMARTS) is 1. The number of nitrogens with zero attached hydrogens (tertiary/aromatic N) is 2. The van der Waals surface area contributed by atoms with Crippen molar-refractivity contribution >= 4 is 39.8 Å². The molecule has 0 spiro atoms. The fourth-order valence-corrected chi connectivity index (χ4v) is 5.56. The second kappa shape index (κ2) is 11.4. The Labute approximate surface area is 212 Å².